The first kappa shape index (κ1) is 11.6. The van der Waals surface area contributed by atoms with Crippen molar-refractivity contribution in [3.63, 3.8) is 0 Å². The van der Waals surface area contributed by atoms with Crippen LogP contribution in [0.4, 0.5) is 5.69 Å². The lowest BCUT2D eigenvalue weighted by atomic mass is 10.3. The van der Waals surface area contributed by atoms with E-state index in [0.29, 0.717) is 0 Å². The molecule has 0 amide bonds. The van der Waals surface area contributed by atoms with Gasteiger partial charge in [0.05, 0.1) is 12.9 Å². The molecule has 0 atom stereocenters. The zero-order valence-corrected chi connectivity index (χ0v) is 9.28. The third-order valence-corrected chi connectivity index (χ3v) is 2.01. The summed E-state index contributed by atoms with van der Waals surface area (Å²) in [6, 6.07) is 10.1. The highest BCUT2D eigenvalue weighted by atomic mass is 16.5. The van der Waals surface area contributed by atoms with Crippen LogP contribution in [0.5, 0.6) is 0 Å². The Morgan fingerprint density at radius 2 is 2.07 bits per heavy atom. The fraction of sp³-hybridized carbons (Fsp3) is 0.385. The Bertz CT molecular complexity index is 269. The van der Waals surface area contributed by atoms with E-state index in [4.69, 9.17) is 4.74 Å². The number of hydrogen-bond acceptors (Lipinski definition) is 2. The number of rotatable bonds is 7. The summed E-state index contributed by atoms with van der Waals surface area (Å²) in [4.78, 5) is 0. The number of unbranched alkanes of at least 4 members (excludes halogenated alkanes) is 1. The largest absolute Gasteiger partial charge is 0.501 e. The number of para-hydroxylation sites is 1. The predicted molar refractivity (Wildman–Crippen MR) is 64.9 cm³/mol. The molecule has 2 heteroatoms. The third-order valence-electron chi connectivity index (χ3n) is 2.01. The molecule has 0 saturated carbocycles. The van der Waals surface area contributed by atoms with Crippen molar-refractivity contribution in [2.24, 2.45) is 0 Å². The summed E-state index contributed by atoms with van der Waals surface area (Å²) in [5, 5.41) is 3.27. The van der Waals surface area contributed by atoms with Gasteiger partial charge in [-0.3, -0.25) is 0 Å². The first-order chi connectivity index (χ1) is 7.43. The maximum absolute atomic E-state index is 5.29. The lowest BCUT2D eigenvalue weighted by Crippen LogP contribution is -1.97. The zero-order valence-electron chi connectivity index (χ0n) is 9.28. The molecule has 0 saturated heterocycles. The van der Waals surface area contributed by atoms with E-state index in [2.05, 4.69) is 12.2 Å². The van der Waals surface area contributed by atoms with Crippen molar-refractivity contribution in [2.75, 3.05) is 18.5 Å². The Balaban J connectivity index is 2.06. The van der Waals surface area contributed by atoms with Crippen LogP contribution in [0.15, 0.2) is 42.7 Å². The van der Waals surface area contributed by atoms with Gasteiger partial charge >= 0.3 is 0 Å². The molecule has 0 aliphatic heterocycles. The molecule has 0 fully saturated rings. The summed E-state index contributed by atoms with van der Waals surface area (Å²) in [7, 11) is 0. The maximum Gasteiger partial charge on any atom is 0.0873 e. The van der Waals surface area contributed by atoms with Crippen LogP contribution in [-0.4, -0.2) is 13.2 Å². The van der Waals surface area contributed by atoms with Crippen LogP contribution < -0.4 is 5.32 Å². The van der Waals surface area contributed by atoms with E-state index in [-0.39, 0.29) is 0 Å². The first-order valence-electron chi connectivity index (χ1n) is 5.49. The molecule has 1 rings (SSSR count). The van der Waals surface area contributed by atoms with Gasteiger partial charge in [0.1, 0.15) is 0 Å². The number of benzene rings is 1. The van der Waals surface area contributed by atoms with Gasteiger partial charge in [0.15, 0.2) is 0 Å². The second-order valence-corrected chi connectivity index (χ2v) is 3.34. The Hall–Kier alpha value is -1.44. The van der Waals surface area contributed by atoms with Gasteiger partial charge in [0.25, 0.3) is 0 Å². The summed E-state index contributed by atoms with van der Waals surface area (Å²) in [5.41, 5.74) is 1.13. The standard InChI is InChI=1S/C13H19NO/c1-2-3-11-15-12-7-10-14-13-8-5-4-6-9-13/h4-9,12,14H,2-3,10-11H2,1H3/b12-7-. The molecule has 0 unspecified atom stereocenters. The van der Waals surface area contributed by atoms with Gasteiger partial charge < -0.3 is 10.1 Å². The van der Waals surface area contributed by atoms with Gasteiger partial charge in [-0.2, -0.15) is 0 Å². The number of hydrogen-bond donors (Lipinski definition) is 1. The maximum atomic E-state index is 5.29. The van der Waals surface area contributed by atoms with Gasteiger partial charge in [-0.15, -0.1) is 0 Å². The van der Waals surface area contributed by atoms with E-state index < -0.39 is 0 Å². The molecule has 0 aliphatic carbocycles. The van der Waals surface area contributed by atoms with Gasteiger partial charge in [0, 0.05) is 12.2 Å². The third kappa shape index (κ3) is 5.78. The molecule has 1 N–H and O–H groups in total. The van der Waals surface area contributed by atoms with Crippen LogP contribution in [0.1, 0.15) is 19.8 Å². The van der Waals surface area contributed by atoms with Crippen LogP contribution in [0.3, 0.4) is 0 Å². The molecule has 0 radical (unpaired) electrons. The summed E-state index contributed by atoms with van der Waals surface area (Å²) in [6.07, 6.45) is 6.06. The average molecular weight is 205 g/mol. The van der Waals surface area contributed by atoms with Gasteiger partial charge in [-0.25, -0.2) is 0 Å². The molecular weight excluding hydrogens is 186 g/mol. The van der Waals surface area contributed by atoms with E-state index in [1.165, 1.54) is 6.42 Å². The average Bonchev–Trinajstić information content (AvgIpc) is 2.29. The highest BCUT2D eigenvalue weighted by Gasteiger charge is 1.85. The Kier molecular flexibility index (Phi) is 6.14. The topological polar surface area (TPSA) is 21.3 Å². The van der Waals surface area contributed by atoms with E-state index in [1.54, 1.807) is 6.26 Å². The molecule has 1 aromatic rings. The second kappa shape index (κ2) is 7.92. The van der Waals surface area contributed by atoms with Crippen molar-refractivity contribution in [2.45, 2.75) is 19.8 Å². The van der Waals surface area contributed by atoms with Crippen LogP contribution in [0, 0.1) is 0 Å². The lowest BCUT2D eigenvalue weighted by molar-refractivity contribution is 0.243. The summed E-state index contributed by atoms with van der Waals surface area (Å²) in [5.74, 6) is 0. The highest BCUT2D eigenvalue weighted by molar-refractivity contribution is 5.42. The van der Waals surface area contributed by atoms with Crippen LogP contribution in [0.2, 0.25) is 0 Å². The zero-order chi connectivity index (χ0) is 10.8. The monoisotopic (exact) mass is 205 g/mol. The molecule has 2 nitrogen and oxygen atoms in total. The van der Waals surface area contributed by atoms with Gasteiger partial charge in [0.2, 0.25) is 0 Å². The summed E-state index contributed by atoms with van der Waals surface area (Å²) in [6.45, 7) is 3.78. The predicted octanol–water partition coefficient (Wildman–Crippen LogP) is 3.43. The molecule has 1 aromatic carbocycles. The van der Waals surface area contributed by atoms with Crippen molar-refractivity contribution in [1.29, 1.82) is 0 Å². The lowest BCUT2D eigenvalue weighted by Gasteiger charge is -2.02. The highest BCUT2D eigenvalue weighted by Crippen LogP contribution is 2.03. The molecule has 0 spiro atoms. The Labute approximate surface area is 92.0 Å². The summed E-state index contributed by atoms with van der Waals surface area (Å²) < 4.78 is 5.29. The van der Waals surface area contributed by atoms with E-state index in [1.807, 2.05) is 36.4 Å². The smallest absolute Gasteiger partial charge is 0.0873 e. The van der Waals surface area contributed by atoms with Crippen molar-refractivity contribution >= 4 is 5.69 Å². The fourth-order valence-corrected chi connectivity index (χ4v) is 1.14. The van der Waals surface area contributed by atoms with Crippen LogP contribution in [0.25, 0.3) is 0 Å². The van der Waals surface area contributed by atoms with Crippen LogP contribution >= 0.6 is 0 Å². The molecule has 0 aliphatic rings. The molecule has 0 bridgehead atoms. The summed E-state index contributed by atoms with van der Waals surface area (Å²) >= 11 is 0. The Morgan fingerprint density at radius 1 is 1.27 bits per heavy atom. The number of ether oxygens (including phenoxy) is 1. The second-order valence-electron chi connectivity index (χ2n) is 3.34. The first-order valence-corrected chi connectivity index (χ1v) is 5.49. The van der Waals surface area contributed by atoms with Crippen molar-refractivity contribution in [3.05, 3.63) is 42.7 Å². The van der Waals surface area contributed by atoms with E-state index in [0.717, 1.165) is 25.3 Å². The normalized spacial score (nSPS) is 10.5. The minimum Gasteiger partial charge on any atom is -0.501 e. The molecule has 0 heterocycles. The number of anilines is 1. The molecular formula is C13H19NO. The minimum absolute atomic E-state index is 0.802. The SMILES string of the molecule is CCCCO/C=C\CNc1ccccc1. The van der Waals surface area contributed by atoms with Gasteiger partial charge in [-0.1, -0.05) is 31.5 Å². The number of nitrogens with one attached hydrogen (secondary N) is 1. The quantitative estimate of drug-likeness (QED) is 0.544. The molecule has 0 aromatic heterocycles. The Morgan fingerprint density at radius 3 is 2.80 bits per heavy atom. The van der Waals surface area contributed by atoms with E-state index >= 15 is 0 Å². The van der Waals surface area contributed by atoms with E-state index in [9.17, 15) is 0 Å². The minimum atomic E-state index is 0.802. The van der Waals surface area contributed by atoms with Crippen LogP contribution in [-0.2, 0) is 4.74 Å². The molecule has 15 heavy (non-hydrogen) atoms. The van der Waals surface area contributed by atoms with Crippen molar-refractivity contribution in [3.8, 4) is 0 Å². The van der Waals surface area contributed by atoms with Crippen molar-refractivity contribution in [1.82, 2.24) is 0 Å². The van der Waals surface area contributed by atoms with Crippen molar-refractivity contribution < 1.29 is 4.74 Å². The molecule has 82 valence electrons. The van der Waals surface area contributed by atoms with Gasteiger partial charge in [-0.05, 0) is 24.6 Å². The fourth-order valence-electron chi connectivity index (χ4n) is 1.14.